The van der Waals surface area contributed by atoms with Gasteiger partial charge >= 0.3 is 0 Å². The minimum atomic E-state index is -4.41. The SMILES string of the molecule is CN(C)Cc1ccc(N/N=C(\C#N)C(=N)N)cc1S(=O)(=O)O. The molecular formula is C12H16N6O3S. The van der Waals surface area contributed by atoms with Gasteiger partial charge in [0.1, 0.15) is 11.0 Å². The Balaban J connectivity index is 3.21. The van der Waals surface area contributed by atoms with Crippen LogP contribution in [0.5, 0.6) is 0 Å². The number of benzene rings is 1. The molecule has 1 aromatic carbocycles. The highest BCUT2D eigenvalue weighted by Gasteiger charge is 2.16. The number of anilines is 1. The Bertz CT molecular complexity index is 749. The predicted molar refractivity (Wildman–Crippen MR) is 82.2 cm³/mol. The van der Waals surface area contributed by atoms with Crippen molar-refractivity contribution < 1.29 is 13.0 Å². The van der Waals surface area contributed by atoms with Gasteiger partial charge in [-0.25, -0.2) is 0 Å². The second-order valence-corrected chi connectivity index (χ2v) is 6.02. The van der Waals surface area contributed by atoms with Crippen LogP contribution in [-0.4, -0.2) is 43.5 Å². The molecule has 0 aliphatic heterocycles. The summed E-state index contributed by atoms with van der Waals surface area (Å²) in [4.78, 5) is 1.49. The maximum absolute atomic E-state index is 11.5. The third-order valence-electron chi connectivity index (χ3n) is 2.49. The molecule has 0 unspecified atom stereocenters. The molecule has 0 aliphatic rings. The lowest BCUT2D eigenvalue weighted by atomic mass is 10.2. The Labute approximate surface area is 128 Å². The average Bonchev–Trinajstić information content (AvgIpc) is 2.38. The van der Waals surface area contributed by atoms with Gasteiger partial charge in [0, 0.05) is 6.54 Å². The maximum atomic E-state index is 11.5. The fraction of sp³-hybridized carbons (Fsp3) is 0.250. The molecule has 0 heterocycles. The topological polar surface area (TPSA) is 156 Å². The van der Waals surface area contributed by atoms with Gasteiger partial charge in [-0.05, 0) is 31.8 Å². The Hall–Kier alpha value is -2.48. The zero-order chi connectivity index (χ0) is 16.9. The summed E-state index contributed by atoms with van der Waals surface area (Å²) in [5.41, 5.74) is 7.86. The Kier molecular flexibility index (Phi) is 5.58. The van der Waals surface area contributed by atoms with Crippen molar-refractivity contribution in [3.8, 4) is 6.07 Å². The first-order valence-corrected chi connectivity index (χ1v) is 7.42. The molecule has 0 atom stereocenters. The molecule has 118 valence electrons. The molecule has 22 heavy (non-hydrogen) atoms. The van der Waals surface area contributed by atoms with Crippen LogP contribution in [0.4, 0.5) is 5.69 Å². The van der Waals surface area contributed by atoms with E-state index in [2.05, 4.69) is 10.5 Å². The molecule has 0 radical (unpaired) electrons. The molecule has 0 aromatic heterocycles. The minimum absolute atomic E-state index is 0.226. The summed E-state index contributed by atoms with van der Waals surface area (Å²) in [6.07, 6.45) is 0. The van der Waals surface area contributed by atoms with Crippen LogP contribution < -0.4 is 11.2 Å². The molecule has 0 amide bonds. The fourth-order valence-electron chi connectivity index (χ4n) is 1.60. The van der Waals surface area contributed by atoms with Crippen LogP contribution in [0.2, 0.25) is 0 Å². The van der Waals surface area contributed by atoms with Crippen molar-refractivity contribution in [1.82, 2.24) is 4.90 Å². The van der Waals surface area contributed by atoms with Crippen LogP contribution in [0.15, 0.2) is 28.2 Å². The molecule has 9 nitrogen and oxygen atoms in total. The number of nitrogens with one attached hydrogen (secondary N) is 2. The number of hydrazone groups is 1. The Morgan fingerprint density at radius 3 is 2.64 bits per heavy atom. The average molecular weight is 324 g/mol. The van der Waals surface area contributed by atoms with E-state index in [1.165, 1.54) is 18.2 Å². The summed E-state index contributed by atoms with van der Waals surface area (Å²) < 4.78 is 32.2. The van der Waals surface area contributed by atoms with Gasteiger partial charge in [0.15, 0.2) is 5.84 Å². The number of nitriles is 1. The van der Waals surface area contributed by atoms with E-state index in [0.717, 1.165) is 0 Å². The molecule has 0 bridgehead atoms. The summed E-state index contributed by atoms with van der Waals surface area (Å²) in [5.74, 6) is -0.519. The summed E-state index contributed by atoms with van der Waals surface area (Å²) in [7, 11) is -0.889. The summed E-state index contributed by atoms with van der Waals surface area (Å²) in [6.45, 7) is 0.315. The molecule has 1 aromatic rings. The van der Waals surface area contributed by atoms with Gasteiger partial charge in [0.25, 0.3) is 10.1 Å². The largest absolute Gasteiger partial charge is 0.382 e. The maximum Gasteiger partial charge on any atom is 0.294 e. The zero-order valence-electron chi connectivity index (χ0n) is 12.0. The molecule has 1 rings (SSSR count). The van der Waals surface area contributed by atoms with Crippen LogP contribution >= 0.6 is 0 Å². The quantitative estimate of drug-likeness (QED) is 0.252. The van der Waals surface area contributed by atoms with E-state index < -0.39 is 16.0 Å². The molecule has 5 N–H and O–H groups in total. The van der Waals surface area contributed by atoms with Gasteiger partial charge in [-0.2, -0.15) is 18.8 Å². The summed E-state index contributed by atoms with van der Waals surface area (Å²) in [6, 6.07) is 5.85. The summed E-state index contributed by atoms with van der Waals surface area (Å²) >= 11 is 0. The molecule has 0 spiro atoms. The van der Waals surface area contributed by atoms with E-state index in [4.69, 9.17) is 16.4 Å². The lowest BCUT2D eigenvalue weighted by Crippen LogP contribution is -2.22. The van der Waals surface area contributed by atoms with Gasteiger partial charge in [-0.3, -0.25) is 15.4 Å². The van der Waals surface area contributed by atoms with Crippen LogP contribution in [-0.2, 0) is 16.7 Å². The number of amidine groups is 1. The van der Waals surface area contributed by atoms with E-state index in [9.17, 15) is 13.0 Å². The second kappa shape index (κ2) is 6.99. The number of hydrogen-bond donors (Lipinski definition) is 4. The smallest absolute Gasteiger partial charge is 0.294 e. The number of nitrogens with zero attached hydrogens (tertiary/aromatic N) is 3. The van der Waals surface area contributed by atoms with Crippen LogP contribution in [0, 0.1) is 16.7 Å². The molecule has 0 saturated heterocycles. The van der Waals surface area contributed by atoms with Gasteiger partial charge in [-0.15, -0.1) is 0 Å². The van der Waals surface area contributed by atoms with Gasteiger partial charge in [0.2, 0.25) is 5.71 Å². The lowest BCUT2D eigenvalue weighted by Gasteiger charge is -2.13. The van der Waals surface area contributed by atoms with Crippen molar-refractivity contribution in [2.24, 2.45) is 10.8 Å². The van der Waals surface area contributed by atoms with Gasteiger partial charge < -0.3 is 10.6 Å². The van der Waals surface area contributed by atoms with Crippen LogP contribution in [0.25, 0.3) is 0 Å². The Morgan fingerprint density at radius 1 is 1.55 bits per heavy atom. The number of rotatable bonds is 6. The highest BCUT2D eigenvalue weighted by molar-refractivity contribution is 7.85. The van der Waals surface area contributed by atoms with Crippen molar-refractivity contribution in [1.29, 1.82) is 10.7 Å². The van der Waals surface area contributed by atoms with E-state index in [-0.39, 0.29) is 16.3 Å². The normalized spacial score (nSPS) is 12.0. The number of nitrogens with two attached hydrogens (primary N) is 1. The first kappa shape index (κ1) is 17.6. The van der Waals surface area contributed by atoms with Crippen molar-refractivity contribution in [2.45, 2.75) is 11.4 Å². The first-order valence-electron chi connectivity index (χ1n) is 5.98. The minimum Gasteiger partial charge on any atom is -0.382 e. The van der Waals surface area contributed by atoms with E-state index in [0.29, 0.717) is 12.1 Å². The Morgan fingerprint density at radius 2 is 2.18 bits per heavy atom. The summed E-state index contributed by atoms with van der Waals surface area (Å²) in [5, 5.41) is 19.4. The molecule has 0 saturated carbocycles. The molecule has 0 aliphatic carbocycles. The second-order valence-electron chi connectivity index (χ2n) is 4.63. The first-order chi connectivity index (χ1) is 10.1. The third kappa shape index (κ3) is 4.81. The van der Waals surface area contributed by atoms with Gasteiger partial charge in [0.05, 0.1) is 5.69 Å². The van der Waals surface area contributed by atoms with Crippen molar-refractivity contribution >= 4 is 27.4 Å². The fourth-order valence-corrected chi connectivity index (χ4v) is 2.34. The monoisotopic (exact) mass is 324 g/mol. The van der Waals surface area contributed by atoms with E-state index in [1.54, 1.807) is 25.1 Å². The molecular weight excluding hydrogens is 308 g/mol. The highest BCUT2D eigenvalue weighted by atomic mass is 32.2. The highest BCUT2D eigenvalue weighted by Crippen LogP contribution is 2.21. The van der Waals surface area contributed by atoms with Crippen LogP contribution in [0.1, 0.15) is 5.56 Å². The van der Waals surface area contributed by atoms with Crippen molar-refractivity contribution in [3.05, 3.63) is 23.8 Å². The van der Waals surface area contributed by atoms with Crippen molar-refractivity contribution in [3.63, 3.8) is 0 Å². The van der Waals surface area contributed by atoms with Crippen LogP contribution in [0.3, 0.4) is 0 Å². The number of hydrogen-bond acceptors (Lipinski definition) is 7. The molecule has 0 fully saturated rings. The van der Waals surface area contributed by atoms with E-state index in [1.807, 2.05) is 0 Å². The van der Waals surface area contributed by atoms with E-state index >= 15 is 0 Å². The predicted octanol–water partition coefficient (Wildman–Crippen LogP) is 0.222. The molecule has 10 heteroatoms. The van der Waals surface area contributed by atoms with Crippen molar-refractivity contribution in [2.75, 3.05) is 19.5 Å². The lowest BCUT2D eigenvalue weighted by molar-refractivity contribution is 0.397. The standard InChI is InChI=1S/C12H16N6O3S/c1-18(2)7-8-3-4-9(5-11(8)22(19,20)21)16-17-10(6-13)12(14)15/h3-5,16H,7H2,1-2H3,(H3,14,15)(H,19,20,21)/b17-10+. The third-order valence-corrected chi connectivity index (χ3v) is 3.43. The van der Waals surface area contributed by atoms with Gasteiger partial charge in [-0.1, -0.05) is 6.07 Å². The zero-order valence-corrected chi connectivity index (χ0v) is 12.8.